The largest absolute Gasteiger partial charge is 0.333 e. The van der Waals surface area contributed by atoms with E-state index in [4.69, 9.17) is 5.26 Å². The number of aromatic amines is 1. The summed E-state index contributed by atoms with van der Waals surface area (Å²) < 4.78 is 0. The zero-order valence-corrected chi connectivity index (χ0v) is 12.2. The molecule has 1 aromatic heterocycles. The van der Waals surface area contributed by atoms with Gasteiger partial charge in [0, 0.05) is 11.8 Å². The van der Waals surface area contributed by atoms with Gasteiger partial charge in [0.1, 0.15) is 6.04 Å². The summed E-state index contributed by atoms with van der Waals surface area (Å²) in [4.78, 5) is 7.79. The molecule has 0 amide bonds. The summed E-state index contributed by atoms with van der Waals surface area (Å²) in [5.41, 5.74) is 3.23. The summed E-state index contributed by atoms with van der Waals surface area (Å²) in [5, 5.41) is 13.2. The first-order valence-electron chi connectivity index (χ1n) is 6.33. The van der Waals surface area contributed by atoms with Crippen LogP contribution in [0.1, 0.15) is 19.4 Å². The van der Waals surface area contributed by atoms with Crippen LogP contribution in [0.4, 0.5) is 0 Å². The Kier molecular flexibility index (Phi) is 4.46. The number of aromatic nitrogens is 2. The molecule has 5 heteroatoms. The third-order valence-electron chi connectivity index (χ3n) is 2.69. The Morgan fingerprint density at radius 2 is 2.26 bits per heavy atom. The Balaban J connectivity index is 2.03. The average molecular weight is 274 g/mol. The molecule has 2 rings (SSSR count). The SMILES string of the molecule is Cc1ccc2nc(SCC(C#N)NC(C)C)[nH]c2c1. The smallest absolute Gasteiger partial charge is 0.166 e. The fourth-order valence-corrected chi connectivity index (χ4v) is 2.70. The summed E-state index contributed by atoms with van der Waals surface area (Å²) in [6.45, 7) is 6.14. The molecule has 2 N–H and O–H groups in total. The van der Waals surface area contributed by atoms with Crippen LogP contribution in [0.15, 0.2) is 23.4 Å². The van der Waals surface area contributed by atoms with E-state index < -0.39 is 0 Å². The molecule has 19 heavy (non-hydrogen) atoms. The Morgan fingerprint density at radius 3 is 2.95 bits per heavy atom. The first kappa shape index (κ1) is 13.9. The number of rotatable bonds is 5. The normalized spacial score (nSPS) is 12.8. The van der Waals surface area contributed by atoms with Crippen LogP contribution in [-0.4, -0.2) is 27.8 Å². The van der Waals surface area contributed by atoms with Gasteiger partial charge in [-0.25, -0.2) is 4.98 Å². The Morgan fingerprint density at radius 1 is 1.47 bits per heavy atom. The lowest BCUT2D eigenvalue weighted by Crippen LogP contribution is -2.35. The van der Waals surface area contributed by atoms with Crippen molar-refractivity contribution >= 4 is 22.8 Å². The number of imidazole rings is 1. The summed E-state index contributed by atoms with van der Waals surface area (Å²) in [5.74, 6) is 0.688. The summed E-state index contributed by atoms with van der Waals surface area (Å²) in [6, 6.07) is 8.58. The van der Waals surface area contributed by atoms with E-state index in [1.807, 2.05) is 19.9 Å². The van der Waals surface area contributed by atoms with Crippen molar-refractivity contribution in [1.29, 1.82) is 5.26 Å². The highest BCUT2D eigenvalue weighted by Gasteiger charge is 2.11. The molecule has 0 fully saturated rings. The lowest BCUT2D eigenvalue weighted by molar-refractivity contribution is 0.560. The summed E-state index contributed by atoms with van der Waals surface area (Å²) in [6.07, 6.45) is 0. The van der Waals surface area contributed by atoms with Crippen LogP contribution in [0.25, 0.3) is 11.0 Å². The van der Waals surface area contributed by atoms with E-state index in [-0.39, 0.29) is 6.04 Å². The van der Waals surface area contributed by atoms with Crippen LogP contribution in [0.3, 0.4) is 0 Å². The minimum Gasteiger partial charge on any atom is -0.333 e. The van der Waals surface area contributed by atoms with Crippen LogP contribution < -0.4 is 5.32 Å². The highest BCUT2D eigenvalue weighted by molar-refractivity contribution is 7.99. The third-order valence-corrected chi connectivity index (χ3v) is 3.66. The average Bonchev–Trinajstić information content (AvgIpc) is 2.75. The highest BCUT2D eigenvalue weighted by atomic mass is 32.2. The second kappa shape index (κ2) is 6.09. The maximum Gasteiger partial charge on any atom is 0.166 e. The molecule has 0 bridgehead atoms. The summed E-state index contributed by atoms with van der Waals surface area (Å²) in [7, 11) is 0. The zero-order valence-electron chi connectivity index (χ0n) is 11.4. The Labute approximate surface area is 117 Å². The van der Waals surface area contributed by atoms with E-state index in [9.17, 15) is 0 Å². The van der Waals surface area contributed by atoms with Crippen molar-refractivity contribution in [2.24, 2.45) is 0 Å². The molecule has 1 heterocycles. The fraction of sp³-hybridized carbons (Fsp3) is 0.429. The molecule has 2 aromatic rings. The van der Waals surface area contributed by atoms with Crippen LogP contribution in [0.2, 0.25) is 0 Å². The van der Waals surface area contributed by atoms with Crippen molar-refractivity contribution in [1.82, 2.24) is 15.3 Å². The number of nitrogens with zero attached hydrogens (tertiary/aromatic N) is 2. The van der Waals surface area contributed by atoms with Crippen molar-refractivity contribution in [2.45, 2.75) is 38.0 Å². The fourth-order valence-electron chi connectivity index (χ4n) is 1.86. The molecule has 0 aliphatic rings. The molecule has 4 nitrogen and oxygen atoms in total. The minimum atomic E-state index is -0.153. The van der Waals surface area contributed by atoms with Crippen molar-refractivity contribution < 1.29 is 0 Å². The predicted octanol–water partition coefficient (Wildman–Crippen LogP) is 2.85. The van der Waals surface area contributed by atoms with Gasteiger partial charge in [-0.3, -0.25) is 5.32 Å². The zero-order chi connectivity index (χ0) is 13.8. The third kappa shape index (κ3) is 3.72. The number of fused-ring (bicyclic) bond motifs is 1. The van der Waals surface area contributed by atoms with Gasteiger partial charge in [-0.15, -0.1) is 0 Å². The molecule has 1 atom stereocenters. The standard InChI is InChI=1S/C14H18N4S/c1-9(2)16-11(7-15)8-19-14-17-12-5-4-10(3)6-13(12)18-14/h4-6,9,11,16H,8H2,1-3H3,(H,17,18). The molecule has 0 saturated heterocycles. The Bertz CT molecular complexity index is 597. The molecule has 0 spiro atoms. The maximum atomic E-state index is 9.07. The van der Waals surface area contributed by atoms with E-state index in [0.29, 0.717) is 11.8 Å². The molecule has 0 saturated carbocycles. The molecule has 0 aliphatic heterocycles. The van der Waals surface area contributed by atoms with Gasteiger partial charge in [-0.2, -0.15) is 5.26 Å². The highest BCUT2D eigenvalue weighted by Crippen LogP contribution is 2.20. The van der Waals surface area contributed by atoms with E-state index in [1.165, 1.54) is 5.56 Å². The molecular formula is C14H18N4S. The van der Waals surface area contributed by atoms with Gasteiger partial charge < -0.3 is 4.98 Å². The first-order chi connectivity index (χ1) is 9.08. The van der Waals surface area contributed by atoms with Gasteiger partial charge in [0.05, 0.1) is 17.1 Å². The number of aryl methyl sites for hydroxylation is 1. The van der Waals surface area contributed by atoms with Crippen molar-refractivity contribution in [3.05, 3.63) is 23.8 Å². The number of H-pyrrole nitrogens is 1. The van der Waals surface area contributed by atoms with Crippen LogP contribution in [0, 0.1) is 18.3 Å². The molecule has 0 radical (unpaired) electrons. The van der Waals surface area contributed by atoms with E-state index in [2.05, 4.69) is 40.4 Å². The second-order valence-electron chi connectivity index (χ2n) is 4.88. The number of thioether (sulfide) groups is 1. The van der Waals surface area contributed by atoms with Gasteiger partial charge in [0.2, 0.25) is 0 Å². The van der Waals surface area contributed by atoms with Gasteiger partial charge in [-0.1, -0.05) is 17.8 Å². The molecule has 1 aromatic carbocycles. The van der Waals surface area contributed by atoms with Gasteiger partial charge in [0.25, 0.3) is 0 Å². The van der Waals surface area contributed by atoms with Gasteiger partial charge in [0.15, 0.2) is 5.16 Å². The van der Waals surface area contributed by atoms with E-state index in [1.54, 1.807) is 11.8 Å². The summed E-state index contributed by atoms with van der Waals surface area (Å²) >= 11 is 1.58. The molecule has 100 valence electrons. The van der Waals surface area contributed by atoms with Crippen molar-refractivity contribution in [2.75, 3.05) is 5.75 Å². The van der Waals surface area contributed by atoms with Gasteiger partial charge in [-0.05, 0) is 38.5 Å². The van der Waals surface area contributed by atoms with E-state index >= 15 is 0 Å². The van der Waals surface area contributed by atoms with Crippen molar-refractivity contribution in [3.63, 3.8) is 0 Å². The lowest BCUT2D eigenvalue weighted by Gasteiger charge is -2.12. The minimum absolute atomic E-state index is 0.153. The molecular weight excluding hydrogens is 256 g/mol. The number of hydrogen-bond acceptors (Lipinski definition) is 4. The first-order valence-corrected chi connectivity index (χ1v) is 7.32. The topological polar surface area (TPSA) is 64.5 Å². The van der Waals surface area contributed by atoms with Gasteiger partial charge >= 0.3 is 0 Å². The predicted molar refractivity (Wildman–Crippen MR) is 79.2 cm³/mol. The second-order valence-corrected chi connectivity index (χ2v) is 5.89. The van der Waals surface area contributed by atoms with E-state index in [0.717, 1.165) is 16.2 Å². The number of hydrogen-bond donors (Lipinski definition) is 2. The quantitative estimate of drug-likeness (QED) is 0.823. The van der Waals surface area contributed by atoms with Crippen LogP contribution >= 0.6 is 11.8 Å². The molecule has 0 aliphatic carbocycles. The lowest BCUT2D eigenvalue weighted by atomic mass is 10.2. The van der Waals surface area contributed by atoms with Crippen LogP contribution in [-0.2, 0) is 0 Å². The maximum absolute atomic E-state index is 9.07. The molecule has 1 unspecified atom stereocenters. The van der Waals surface area contributed by atoms with Crippen LogP contribution in [0.5, 0.6) is 0 Å². The monoisotopic (exact) mass is 274 g/mol. The van der Waals surface area contributed by atoms with Crippen molar-refractivity contribution in [3.8, 4) is 6.07 Å². The number of nitriles is 1. The Hall–Kier alpha value is -1.51. The number of nitrogens with one attached hydrogen (secondary N) is 2. The number of benzene rings is 1.